The number of likely N-dealkylation sites (tertiary alicyclic amines) is 1. The molecule has 0 aromatic heterocycles. The van der Waals surface area contributed by atoms with Crippen LogP contribution in [0.2, 0.25) is 0 Å². The van der Waals surface area contributed by atoms with Gasteiger partial charge in [0, 0.05) is 19.6 Å². The molecule has 0 unspecified atom stereocenters. The van der Waals surface area contributed by atoms with E-state index in [0.717, 1.165) is 26.1 Å². The molecular weight excluding hydrogens is 214 g/mol. The number of carbonyl (C=O) groups is 1. The SMILES string of the molecule is CN1CCN(CCCN2CCCCC2)C(=O)C1. The maximum absolute atomic E-state index is 11.8. The van der Waals surface area contributed by atoms with Gasteiger partial charge in [0.1, 0.15) is 0 Å². The Morgan fingerprint density at radius 1 is 1.00 bits per heavy atom. The van der Waals surface area contributed by atoms with E-state index in [-0.39, 0.29) is 0 Å². The number of carbonyl (C=O) groups excluding carboxylic acids is 1. The summed E-state index contributed by atoms with van der Waals surface area (Å²) in [5.41, 5.74) is 0. The summed E-state index contributed by atoms with van der Waals surface area (Å²) in [6, 6.07) is 0. The van der Waals surface area contributed by atoms with Gasteiger partial charge in [0.15, 0.2) is 0 Å². The number of rotatable bonds is 4. The maximum atomic E-state index is 11.8. The van der Waals surface area contributed by atoms with Gasteiger partial charge in [0.2, 0.25) is 5.91 Å². The molecule has 2 heterocycles. The molecule has 2 fully saturated rings. The fraction of sp³-hybridized carbons (Fsp3) is 0.923. The Morgan fingerprint density at radius 3 is 2.47 bits per heavy atom. The Hall–Kier alpha value is -0.610. The van der Waals surface area contributed by atoms with Gasteiger partial charge in [0.05, 0.1) is 6.54 Å². The molecule has 2 aliphatic rings. The van der Waals surface area contributed by atoms with Crippen molar-refractivity contribution in [3.05, 3.63) is 0 Å². The minimum Gasteiger partial charge on any atom is -0.340 e. The molecule has 0 saturated carbocycles. The fourth-order valence-electron chi connectivity index (χ4n) is 2.73. The van der Waals surface area contributed by atoms with Crippen LogP contribution in [0.4, 0.5) is 0 Å². The molecule has 0 spiro atoms. The van der Waals surface area contributed by atoms with Crippen molar-refractivity contribution in [3.63, 3.8) is 0 Å². The van der Waals surface area contributed by atoms with Crippen LogP contribution in [0.3, 0.4) is 0 Å². The number of piperidine rings is 1. The van der Waals surface area contributed by atoms with E-state index in [4.69, 9.17) is 0 Å². The second-order valence-corrected chi connectivity index (χ2v) is 5.37. The van der Waals surface area contributed by atoms with Crippen LogP contribution in [0, 0.1) is 0 Å². The first-order valence-electron chi connectivity index (χ1n) is 6.94. The second kappa shape index (κ2) is 6.36. The molecule has 2 aliphatic heterocycles. The van der Waals surface area contributed by atoms with Crippen molar-refractivity contribution in [1.29, 1.82) is 0 Å². The lowest BCUT2D eigenvalue weighted by molar-refractivity contribution is -0.135. The van der Waals surface area contributed by atoms with E-state index in [1.54, 1.807) is 0 Å². The molecule has 2 rings (SSSR count). The monoisotopic (exact) mass is 239 g/mol. The highest BCUT2D eigenvalue weighted by Gasteiger charge is 2.21. The predicted octanol–water partition coefficient (Wildman–Crippen LogP) is 0.636. The normalized spacial score (nSPS) is 24.3. The highest BCUT2D eigenvalue weighted by molar-refractivity contribution is 5.78. The van der Waals surface area contributed by atoms with Crippen molar-refractivity contribution in [3.8, 4) is 0 Å². The standard InChI is InChI=1S/C13H25N3O/c1-14-10-11-16(13(17)12-14)9-5-8-15-6-3-2-4-7-15/h2-12H2,1H3. The Morgan fingerprint density at radius 2 is 1.76 bits per heavy atom. The van der Waals surface area contributed by atoms with Crippen LogP contribution in [0.5, 0.6) is 0 Å². The highest BCUT2D eigenvalue weighted by Crippen LogP contribution is 2.09. The van der Waals surface area contributed by atoms with Crippen LogP contribution in [0.1, 0.15) is 25.7 Å². The lowest BCUT2D eigenvalue weighted by Crippen LogP contribution is -2.49. The van der Waals surface area contributed by atoms with Gasteiger partial charge in [-0.25, -0.2) is 0 Å². The number of likely N-dealkylation sites (N-methyl/N-ethyl adjacent to an activating group) is 1. The van der Waals surface area contributed by atoms with E-state index in [2.05, 4.69) is 9.80 Å². The van der Waals surface area contributed by atoms with E-state index in [1.165, 1.54) is 38.9 Å². The summed E-state index contributed by atoms with van der Waals surface area (Å²) in [4.78, 5) is 18.4. The number of amides is 1. The van der Waals surface area contributed by atoms with E-state index in [9.17, 15) is 4.79 Å². The molecule has 0 bridgehead atoms. The molecule has 98 valence electrons. The van der Waals surface area contributed by atoms with Gasteiger partial charge in [-0.05, 0) is 45.9 Å². The van der Waals surface area contributed by atoms with E-state index < -0.39 is 0 Å². The molecular formula is C13H25N3O. The first kappa shape index (κ1) is 12.8. The minimum absolute atomic E-state index is 0.303. The first-order valence-corrected chi connectivity index (χ1v) is 6.94. The van der Waals surface area contributed by atoms with Crippen molar-refractivity contribution in [2.75, 3.05) is 52.9 Å². The largest absolute Gasteiger partial charge is 0.340 e. The fourth-order valence-corrected chi connectivity index (χ4v) is 2.73. The van der Waals surface area contributed by atoms with Crippen molar-refractivity contribution < 1.29 is 4.79 Å². The molecule has 17 heavy (non-hydrogen) atoms. The van der Waals surface area contributed by atoms with Crippen molar-refractivity contribution in [1.82, 2.24) is 14.7 Å². The summed E-state index contributed by atoms with van der Waals surface area (Å²) >= 11 is 0. The summed E-state index contributed by atoms with van der Waals surface area (Å²) in [5, 5.41) is 0. The van der Waals surface area contributed by atoms with Crippen LogP contribution >= 0.6 is 0 Å². The minimum atomic E-state index is 0.303. The van der Waals surface area contributed by atoms with E-state index in [1.807, 2.05) is 11.9 Å². The molecule has 2 saturated heterocycles. The lowest BCUT2D eigenvalue weighted by atomic mass is 10.1. The summed E-state index contributed by atoms with van der Waals surface area (Å²) in [5.74, 6) is 0.303. The van der Waals surface area contributed by atoms with Crippen LogP contribution < -0.4 is 0 Å². The van der Waals surface area contributed by atoms with Crippen LogP contribution in [0.25, 0.3) is 0 Å². The molecule has 0 atom stereocenters. The van der Waals surface area contributed by atoms with Crippen LogP contribution in [0.15, 0.2) is 0 Å². The topological polar surface area (TPSA) is 26.8 Å². The smallest absolute Gasteiger partial charge is 0.236 e. The average Bonchev–Trinajstić information content (AvgIpc) is 2.33. The molecule has 4 nitrogen and oxygen atoms in total. The molecule has 1 amide bonds. The third-order valence-corrected chi connectivity index (χ3v) is 3.86. The quantitative estimate of drug-likeness (QED) is 0.720. The number of hydrogen-bond donors (Lipinski definition) is 0. The number of piperazine rings is 1. The molecule has 0 aliphatic carbocycles. The Balaban J connectivity index is 1.62. The van der Waals surface area contributed by atoms with Gasteiger partial charge in [-0.2, -0.15) is 0 Å². The van der Waals surface area contributed by atoms with E-state index >= 15 is 0 Å². The zero-order valence-electron chi connectivity index (χ0n) is 11.0. The molecule has 4 heteroatoms. The predicted molar refractivity (Wildman–Crippen MR) is 69.0 cm³/mol. The van der Waals surface area contributed by atoms with Crippen molar-refractivity contribution in [2.45, 2.75) is 25.7 Å². The van der Waals surface area contributed by atoms with Crippen molar-refractivity contribution >= 4 is 5.91 Å². The summed E-state index contributed by atoms with van der Waals surface area (Å²) in [6.07, 6.45) is 5.24. The van der Waals surface area contributed by atoms with Crippen LogP contribution in [-0.2, 0) is 4.79 Å². The zero-order chi connectivity index (χ0) is 12.1. The summed E-state index contributed by atoms with van der Waals surface area (Å²) < 4.78 is 0. The zero-order valence-corrected chi connectivity index (χ0v) is 11.0. The molecule has 0 aromatic rings. The average molecular weight is 239 g/mol. The Bertz CT molecular complexity index is 251. The Kier molecular flexibility index (Phi) is 4.80. The number of hydrogen-bond acceptors (Lipinski definition) is 3. The van der Waals surface area contributed by atoms with Gasteiger partial charge in [0.25, 0.3) is 0 Å². The molecule has 0 N–H and O–H groups in total. The maximum Gasteiger partial charge on any atom is 0.236 e. The highest BCUT2D eigenvalue weighted by atomic mass is 16.2. The molecule has 0 radical (unpaired) electrons. The summed E-state index contributed by atoms with van der Waals surface area (Å²) in [6.45, 7) is 7.17. The third-order valence-electron chi connectivity index (χ3n) is 3.86. The third kappa shape index (κ3) is 3.96. The van der Waals surface area contributed by atoms with Gasteiger partial charge in [-0.1, -0.05) is 6.42 Å². The lowest BCUT2D eigenvalue weighted by Gasteiger charge is -2.33. The van der Waals surface area contributed by atoms with Gasteiger partial charge in [-0.3, -0.25) is 9.69 Å². The second-order valence-electron chi connectivity index (χ2n) is 5.37. The Labute approximate surface area is 105 Å². The van der Waals surface area contributed by atoms with Crippen LogP contribution in [-0.4, -0.2) is 73.5 Å². The van der Waals surface area contributed by atoms with E-state index in [0.29, 0.717) is 12.5 Å². The summed E-state index contributed by atoms with van der Waals surface area (Å²) in [7, 11) is 2.02. The van der Waals surface area contributed by atoms with Gasteiger partial charge >= 0.3 is 0 Å². The van der Waals surface area contributed by atoms with Crippen molar-refractivity contribution in [2.24, 2.45) is 0 Å². The first-order chi connectivity index (χ1) is 8.25. The molecule has 0 aromatic carbocycles. The van der Waals surface area contributed by atoms with Gasteiger partial charge in [-0.15, -0.1) is 0 Å². The number of nitrogens with zero attached hydrogens (tertiary/aromatic N) is 3. The van der Waals surface area contributed by atoms with Gasteiger partial charge < -0.3 is 9.80 Å².